The summed E-state index contributed by atoms with van der Waals surface area (Å²) in [7, 11) is -4.60. The largest absolute Gasteiger partial charge is 0.324 e. The molecule has 2 aromatic rings. The fraction of sp³-hybridized carbons (Fsp3) is 0.211. The number of ketones is 2. The van der Waals surface area contributed by atoms with Gasteiger partial charge in [0.15, 0.2) is 16.8 Å². The van der Waals surface area contributed by atoms with Crippen LogP contribution in [0, 0.1) is 0 Å². The molecule has 1 atom stereocenters. The number of benzene rings is 2. The summed E-state index contributed by atoms with van der Waals surface area (Å²) < 4.78 is 32.3. The molecule has 0 aromatic heterocycles. The molecule has 1 aliphatic carbocycles. The van der Waals surface area contributed by atoms with E-state index in [0.29, 0.717) is 6.42 Å². The van der Waals surface area contributed by atoms with Gasteiger partial charge in [-0.2, -0.15) is 8.42 Å². The molecule has 2 N–H and O–H groups in total. The highest BCUT2D eigenvalue weighted by atomic mass is 32.2. The number of hydrogen-bond donors (Lipinski definition) is 2. The zero-order valence-corrected chi connectivity index (χ0v) is 15.2. The van der Waals surface area contributed by atoms with E-state index in [4.69, 9.17) is 0 Å². The van der Waals surface area contributed by atoms with Gasteiger partial charge < -0.3 is 5.32 Å². The van der Waals surface area contributed by atoms with E-state index in [1.54, 1.807) is 25.1 Å². The Morgan fingerprint density at radius 1 is 1.00 bits per heavy atom. The van der Waals surface area contributed by atoms with Crippen molar-refractivity contribution in [1.82, 2.24) is 0 Å². The van der Waals surface area contributed by atoms with Gasteiger partial charge in [0.1, 0.15) is 0 Å². The van der Waals surface area contributed by atoms with Crippen molar-refractivity contribution < 1.29 is 27.4 Å². The van der Waals surface area contributed by atoms with Crippen molar-refractivity contribution in [3.05, 3.63) is 64.7 Å². The van der Waals surface area contributed by atoms with E-state index in [2.05, 4.69) is 5.32 Å². The molecule has 7 nitrogen and oxygen atoms in total. The second kappa shape index (κ2) is 7.05. The van der Waals surface area contributed by atoms with Crippen molar-refractivity contribution in [2.24, 2.45) is 0 Å². The first-order chi connectivity index (χ1) is 12.8. The third-order valence-corrected chi connectivity index (χ3v) is 5.58. The molecule has 27 heavy (non-hydrogen) atoms. The zero-order chi connectivity index (χ0) is 19.8. The van der Waals surface area contributed by atoms with Crippen LogP contribution in [0.5, 0.6) is 0 Å². The Bertz CT molecular complexity index is 1060. The number of carbonyl (C=O) groups is 3. The molecule has 0 saturated carbocycles. The van der Waals surface area contributed by atoms with Gasteiger partial charge in [0, 0.05) is 16.7 Å². The summed E-state index contributed by atoms with van der Waals surface area (Å²) in [5, 5.41) is 0.739. The van der Waals surface area contributed by atoms with Gasteiger partial charge in [0.05, 0.1) is 11.3 Å². The normalized spacial score (nSPS) is 14.3. The highest BCUT2D eigenvalue weighted by molar-refractivity contribution is 7.87. The second-order valence-electron chi connectivity index (χ2n) is 6.21. The quantitative estimate of drug-likeness (QED) is 0.650. The van der Waals surface area contributed by atoms with Gasteiger partial charge in [-0.3, -0.25) is 18.9 Å². The fourth-order valence-electron chi connectivity index (χ4n) is 3.14. The number of rotatable bonds is 5. The Kier molecular flexibility index (Phi) is 4.95. The molecule has 140 valence electrons. The molecule has 0 saturated heterocycles. The molecule has 2 aromatic carbocycles. The topological polar surface area (TPSA) is 118 Å². The Hall–Kier alpha value is -2.84. The smallest absolute Gasteiger partial charge is 0.276 e. The molecular formula is C19H17NO6S. The van der Waals surface area contributed by atoms with E-state index in [-0.39, 0.29) is 40.1 Å². The van der Waals surface area contributed by atoms with Gasteiger partial charge in [-0.25, -0.2) is 0 Å². The van der Waals surface area contributed by atoms with Crippen LogP contribution in [0.2, 0.25) is 0 Å². The Morgan fingerprint density at radius 3 is 2.19 bits per heavy atom. The summed E-state index contributed by atoms with van der Waals surface area (Å²) in [5.74, 6) is -1.74. The van der Waals surface area contributed by atoms with E-state index < -0.39 is 27.1 Å². The Balaban J connectivity index is 2.04. The van der Waals surface area contributed by atoms with Crippen LogP contribution >= 0.6 is 0 Å². The molecule has 0 aliphatic heterocycles. The fourth-order valence-corrected chi connectivity index (χ4v) is 4.00. The predicted molar refractivity (Wildman–Crippen MR) is 98.6 cm³/mol. The summed E-state index contributed by atoms with van der Waals surface area (Å²) in [6.07, 6.45) is 0.283. The summed E-state index contributed by atoms with van der Waals surface area (Å²) in [6, 6.07) is 10.8. The lowest BCUT2D eigenvalue weighted by atomic mass is 9.83. The van der Waals surface area contributed by atoms with Crippen molar-refractivity contribution in [1.29, 1.82) is 0 Å². The maximum absolute atomic E-state index is 12.9. The van der Waals surface area contributed by atoms with Crippen molar-refractivity contribution in [3.8, 4) is 0 Å². The predicted octanol–water partition coefficient (Wildman–Crippen LogP) is 2.46. The lowest BCUT2D eigenvalue weighted by Crippen LogP contribution is -2.35. The Labute approximate surface area is 156 Å². The van der Waals surface area contributed by atoms with E-state index in [1.165, 1.54) is 24.3 Å². The number of carbonyl (C=O) groups excluding carboxylic acids is 3. The van der Waals surface area contributed by atoms with Crippen LogP contribution in [0.15, 0.2) is 42.5 Å². The molecule has 0 radical (unpaired) electrons. The van der Waals surface area contributed by atoms with E-state index in [0.717, 1.165) is 0 Å². The van der Waals surface area contributed by atoms with Gasteiger partial charge in [0.2, 0.25) is 5.91 Å². The van der Waals surface area contributed by atoms with Crippen LogP contribution < -0.4 is 5.32 Å². The van der Waals surface area contributed by atoms with E-state index >= 15 is 0 Å². The first-order valence-electron chi connectivity index (χ1n) is 8.34. The molecule has 1 aliphatic rings. The number of anilines is 1. The van der Waals surface area contributed by atoms with Crippen molar-refractivity contribution >= 4 is 33.3 Å². The maximum Gasteiger partial charge on any atom is 0.276 e. The summed E-state index contributed by atoms with van der Waals surface area (Å²) in [6.45, 7) is 1.68. The maximum atomic E-state index is 12.9. The van der Waals surface area contributed by atoms with Gasteiger partial charge in [0.25, 0.3) is 10.1 Å². The molecular weight excluding hydrogens is 370 g/mol. The molecule has 1 amide bonds. The zero-order valence-electron chi connectivity index (χ0n) is 14.4. The average Bonchev–Trinajstić information content (AvgIpc) is 2.63. The first-order valence-corrected chi connectivity index (χ1v) is 9.84. The monoisotopic (exact) mass is 387 g/mol. The van der Waals surface area contributed by atoms with Crippen LogP contribution in [0.25, 0.3) is 0 Å². The van der Waals surface area contributed by atoms with Gasteiger partial charge in [-0.05, 0) is 12.5 Å². The number of nitrogens with one attached hydrogen (secondary N) is 1. The summed E-state index contributed by atoms with van der Waals surface area (Å²) in [4.78, 5) is 38.0. The highest BCUT2D eigenvalue weighted by Crippen LogP contribution is 2.32. The minimum Gasteiger partial charge on any atom is -0.324 e. The summed E-state index contributed by atoms with van der Waals surface area (Å²) >= 11 is 0. The van der Waals surface area contributed by atoms with E-state index in [9.17, 15) is 27.4 Å². The van der Waals surface area contributed by atoms with Crippen molar-refractivity contribution in [3.63, 3.8) is 0 Å². The minimum atomic E-state index is -4.60. The van der Waals surface area contributed by atoms with Crippen LogP contribution in [0.4, 0.5) is 5.69 Å². The highest BCUT2D eigenvalue weighted by Gasteiger charge is 2.34. The second-order valence-corrected chi connectivity index (χ2v) is 7.81. The average molecular weight is 387 g/mol. The Morgan fingerprint density at radius 2 is 1.59 bits per heavy atom. The van der Waals surface area contributed by atoms with Gasteiger partial charge in [-0.1, -0.05) is 49.7 Å². The van der Waals surface area contributed by atoms with E-state index in [1.807, 2.05) is 0 Å². The van der Waals surface area contributed by atoms with Gasteiger partial charge >= 0.3 is 0 Å². The molecule has 0 unspecified atom stereocenters. The van der Waals surface area contributed by atoms with Crippen LogP contribution in [-0.2, 0) is 14.9 Å². The standard InChI is InChI=1S/C19H17NO6S/c1-2-6-15(27(24,25)26)19(23)20-14-10-5-9-13-16(14)18(22)12-8-4-3-7-11(12)17(13)21/h3-5,7-10,15H,2,6H2,1H3,(H,20,23)(H,24,25,26)/t15-/m1/s1. The third kappa shape index (κ3) is 3.41. The summed E-state index contributed by atoms with van der Waals surface area (Å²) in [5.41, 5.74) is 0.683. The minimum absolute atomic E-state index is 0.0140. The van der Waals surface area contributed by atoms with Crippen molar-refractivity contribution in [2.45, 2.75) is 25.0 Å². The number of hydrogen-bond acceptors (Lipinski definition) is 5. The first kappa shape index (κ1) is 18.9. The van der Waals surface area contributed by atoms with Crippen LogP contribution in [-0.4, -0.2) is 35.7 Å². The van der Waals surface area contributed by atoms with Crippen molar-refractivity contribution in [2.75, 3.05) is 5.32 Å². The van der Waals surface area contributed by atoms with Crippen LogP contribution in [0.3, 0.4) is 0 Å². The third-order valence-electron chi connectivity index (χ3n) is 4.41. The van der Waals surface area contributed by atoms with Gasteiger partial charge in [-0.15, -0.1) is 0 Å². The molecule has 3 rings (SSSR count). The molecule has 0 bridgehead atoms. The molecule has 0 spiro atoms. The lowest BCUT2D eigenvalue weighted by Gasteiger charge is -2.21. The number of amides is 1. The SMILES string of the molecule is CCC[C@H](C(=O)Nc1cccc2c1C(=O)c1ccccc1C2=O)S(=O)(=O)O. The molecule has 8 heteroatoms. The molecule has 0 heterocycles. The number of fused-ring (bicyclic) bond motifs is 2. The molecule has 0 fully saturated rings. The lowest BCUT2D eigenvalue weighted by molar-refractivity contribution is -0.116. The van der Waals surface area contributed by atoms with Crippen LogP contribution in [0.1, 0.15) is 51.6 Å².